The highest BCUT2D eigenvalue weighted by Gasteiger charge is 2.25. The average molecular weight is 841 g/mol. The van der Waals surface area contributed by atoms with Crippen molar-refractivity contribution < 1.29 is 0 Å². The van der Waals surface area contributed by atoms with E-state index in [0.717, 1.165) is 98.9 Å². The topological polar surface area (TPSA) is 65.6 Å². The summed E-state index contributed by atoms with van der Waals surface area (Å²) in [4.78, 5) is 2.27. The van der Waals surface area contributed by atoms with Crippen molar-refractivity contribution in [3.8, 4) is 29.2 Å². The molecular weight excluding hydrogens is 805 g/mol. The lowest BCUT2D eigenvalue weighted by Crippen LogP contribution is -2.09. The Labute approximate surface area is 379 Å². The van der Waals surface area contributed by atoms with Crippen LogP contribution >= 0.6 is 0 Å². The summed E-state index contributed by atoms with van der Waals surface area (Å²) in [5.41, 5.74) is 12.5. The van der Waals surface area contributed by atoms with Gasteiger partial charge < -0.3 is 18.6 Å². The van der Waals surface area contributed by atoms with Crippen molar-refractivity contribution in [3.63, 3.8) is 0 Å². The Balaban J connectivity index is 1.07. The van der Waals surface area contributed by atoms with Crippen molar-refractivity contribution >= 4 is 93.3 Å². The van der Waals surface area contributed by atoms with Crippen molar-refractivity contribution in [3.05, 3.63) is 230 Å². The van der Waals surface area contributed by atoms with E-state index in [2.05, 4.69) is 213 Å². The summed E-state index contributed by atoms with van der Waals surface area (Å²) in [7, 11) is 0. The maximum absolute atomic E-state index is 11.2. The molecule has 0 aliphatic rings. The Kier molecular flexibility index (Phi) is 8.24. The summed E-state index contributed by atoms with van der Waals surface area (Å²) >= 11 is 0. The maximum atomic E-state index is 11.2. The van der Waals surface area contributed by atoms with E-state index in [1.54, 1.807) is 0 Å². The van der Waals surface area contributed by atoms with Crippen molar-refractivity contribution in [2.75, 3.05) is 4.90 Å². The number of benzene rings is 10. The normalized spacial score (nSPS) is 11.6. The van der Waals surface area contributed by atoms with Crippen LogP contribution in [0, 0.1) is 22.7 Å². The highest BCUT2D eigenvalue weighted by molar-refractivity contribution is 6.29. The van der Waals surface area contributed by atoms with Gasteiger partial charge in [-0.1, -0.05) is 121 Å². The minimum atomic E-state index is 0.461. The lowest BCUT2D eigenvalue weighted by Gasteiger charge is -2.25. The molecule has 6 heteroatoms. The van der Waals surface area contributed by atoms with Crippen molar-refractivity contribution in [2.45, 2.75) is 0 Å². The van der Waals surface area contributed by atoms with E-state index < -0.39 is 0 Å². The van der Waals surface area contributed by atoms with Gasteiger partial charge in [-0.15, -0.1) is 0 Å². The maximum Gasteiger partial charge on any atom is 0.101 e. The third-order valence-electron chi connectivity index (χ3n) is 13.2. The predicted octanol–water partition coefficient (Wildman–Crippen LogP) is 15.3. The molecule has 0 aliphatic carbocycles. The molecule has 6 nitrogen and oxygen atoms in total. The lowest BCUT2D eigenvalue weighted by atomic mass is 10.0. The number of hydrogen-bond acceptors (Lipinski definition) is 3. The molecule has 0 fully saturated rings. The van der Waals surface area contributed by atoms with E-state index in [1.807, 2.05) is 36.4 Å². The van der Waals surface area contributed by atoms with E-state index in [0.29, 0.717) is 22.5 Å². The number of anilines is 3. The molecule has 0 unspecified atom stereocenters. The van der Waals surface area contributed by atoms with Crippen LogP contribution in [0.25, 0.3) is 93.3 Å². The number of nitrogens with zero attached hydrogens (tertiary/aromatic N) is 6. The smallest absolute Gasteiger partial charge is 0.101 e. The van der Waals surface area contributed by atoms with E-state index in [4.69, 9.17) is 0 Å². The molecule has 0 atom stereocenters. The second-order valence-electron chi connectivity index (χ2n) is 16.7. The summed E-state index contributed by atoms with van der Waals surface area (Å²) in [6.45, 7) is 0. The molecule has 10 aromatic carbocycles. The zero-order valence-corrected chi connectivity index (χ0v) is 35.5. The van der Waals surface area contributed by atoms with E-state index in [-0.39, 0.29) is 0 Å². The van der Waals surface area contributed by atoms with Crippen LogP contribution in [-0.4, -0.2) is 13.7 Å². The number of fused-ring (bicyclic) bond motifs is 12. The average Bonchev–Trinajstić information content (AvgIpc) is 4.02. The van der Waals surface area contributed by atoms with Gasteiger partial charge in [0.1, 0.15) is 12.1 Å². The molecule has 0 aliphatic heterocycles. The van der Waals surface area contributed by atoms with Gasteiger partial charge in [-0.2, -0.15) is 10.5 Å². The predicted molar refractivity (Wildman–Crippen MR) is 271 cm³/mol. The van der Waals surface area contributed by atoms with Gasteiger partial charge in [-0.05, 0) is 108 Å². The third-order valence-corrected chi connectivity index (χ3v) is 13.2. The molecule has 0 saturated heterocycles. The van der Waals surface area contributed by atoms with Crippen molar-refractivity contribution in [1.82, 2.24) is 13.7 Å². The Bertz CT molecular complexity index is 4140. The third kappa shape index (κ3) is 5.40. The fraction of sp³-hybridized carbons (Fsp3) is 0. The Morgan fingerprint density at radius 2 is 0.758 bits per heavy atom. The minimum absolute atomic E-state index is 0.461. The van der Waals surface area contributed by atoms with Gasteiger partial charge >= 0.3 is 0 Å². The summed E-state index contributed by atoms with van der Waals surface area (Å²) in [6, 6.07) is 81.0. The monoisotopic (exact) mass is 840 g/mol. The van der Waals surface area contributed by atoms with Crippen LogP contribution in [0.4, 0.5) is 17.1 Å². The first kappa shape index (κ1) is 37.2. The van der Waals surface area contributed by atoms with Gasteiger partial charge in [0.25, 0.3) is 0 Å². The molecule has 0 radical (unpaired) electrons. The van der Waals surface area contributed by atoms with Crippen LogP contribution in [0.2, 0.25) is 0 Å². The first-order valence-corrected chi connectivity index (χ1v) is 22.1. The molecule has 0 spiro atoms. The number of nitriles is 2. The van der Waals surface area contributed by atoms with Crippen LogP contribution in [0.1, 0.15) is 11.1 Å². The van der Waals surface area contributed by atoms with Crippen LogP contribution in [0.3, 0.4) is 0 Å². The highest BCUT2D eigenvalue weighted by Crippen LogP contribution is 2.45. The summed E-state index contributed by atoms with van der Waals surface area (Å²) in [6.07, 6.45) is 0. The van der Waals surface area contributed by atoms with Gasteiger partial charge in [-0.25, -0.2) is 0 Å². The van der Waals surface area contributed by atoms with Gasteiger partial charge in [0.15, 0.2) is 0 Å². The fourth-order valence-corrected chi connectivity index (χ4v) is 10.5. The van der Waals surface area contributed by atoms with Gasteiger partial charge in [0.2, 0.25) is 0 Å². The molecule has 3 aromatic heterocycles. The van der Waals surface area contributed by atoms with Gasteiger partial charge in [-0.3, -0.25) is 0 Å². The summed E-state index contributed by atoms with van der Waals surface area (Å²) < 4.78 is 6.68. The Morgan fingerprint density at radius 3 is 1.35 bits per heavy atom. The van der Waals surface area contributed by atoms with Gasteiger partial charge in [0, 0.05) is 55.1 Å². The van der Waals surface area contributed by atoms with Crippen LogP contribution in [-0.2, 0) is 0 Å². The number of hydrogen-bond donors (Lipinski definition) is 0. The van der Waals surface area contributed by atoms with Gasteiger partial charge in [0.05, 0.1) is 55.6 Å². The van der Waals surface area contributed by atoms with E-state index in [1.165, 1.54) is 0 Å². The number of rotatable bonds is 6. The zero-order valence-electron chi connectivity index (χ0n) is 35.5. The molecule has 13 rings (SSSR count). The fourth-order valence-electron chi connectivity index (χ4n) is 10.5. The van der Waals surface area contributed by atoms with Crippen molar-refractivity contribution in [2.24, 2.45) is 0 Å². The molecule has 3 heterocycles. The lowest BCUT2D eigenvalue weighted by molar-refractivity contribution is 1.12. The first-order valence-electron chi connectivity index (χ1n) is 22.1. The molecule has 0 N–H and O–H groups in total. The summed E-state index contributed by atoms with van der Waals surface area (Å²) in [5, 5.41) is 31.3. The molecule has 0 saturated carbocycles. The molecule has 0 bridgehead atoms. The van der Waals surface area contributed by atoms with Crippen molar-refractivity contribution in [1.29, 1.82) is 10.5 Å². The summed E-state index contributed by atoms with van der Waals surface area (Å²) in [5.74, 6) is 0. The quantitative estimate of drug-likeness (QED) is 0.167. The first-order chi connectivity index (χ1) is 32.7. The Morgan fingerprint density at radius 1 is 0.318 bits per heavy atom. The second kappa shape index (κ2) is 14.6. The van der Waals surface area contributed by atoms with Crippen LogP contribution < -0.4 is 4.90 Å². The second-order valence-corrected chi connectivity index (χ2v) is 16.7. The molecule has 66 heavy (non-hydrogen) atoms. The highest BCUT2D eigenvalue weighted by atomic mass is 15.1. The van der Waals surface area contributed by atoms with Crippen LogP contribution in [0.15, 0.2) is 218 Å². The minimum Gasteiger partial charge on any atom is -0.310 e. The van der Waals surface area contributed by atoms with E-state index in [9.17, 15) is 10.5 Å². The Hall–Kier alpha value is -9.36. The number of aromatic nitrogens is 3. The zero-order chi connectivity index (χ0) is 43.9. The van der Waals surface area contributed by atoms with Crippen LogP contribution in [0.5, 0.6) is 0 Å². The van der Waals surface area contributed by atoms with E-state index >= 15 is 0 Å². The largest absolute Gasteiger partial charge is 0.310 e. The molecule has 13 aromatic rings. The number of para-hydroxylation sites is 5. The molecule has 0 amide bonds. The molecule has 306 valence electrons. The SMILES string of the molecule is N#Cc1cc(-n2c3ccccc3c3c4c5ccccc5n(-c5ccccc5)c4ccc32)c(C#N)cc1-n1c2ccc(N(c3ccccc3)c3ccccc3)cc2c2c3ccccc3ccc21. The molecular formula is C60H36N6. The standard InChI is InChI=1S/C60H36N6/c61-37-40-35-57(66-52-31-29-45(63(42-17-4-1-5-18-42)43-19-6-2-7-20-43)36-49(52)58-46-23-11-10-16-39(46)28-30-53(58)66)41(38-62)34-56(40)65-51-27-15-13-25-48(51)60-55(65)33-32-54-59(60)47-24-12-14-26-50(47)64(54)44-21-8-3-9-22-44/h1-36H.